The monoisotopic (exact) mass is 306 g/mol. The largest absolute Gasteiger partial charge is 0.481 e. The van der Waals surface area contributed by atoms with Gasteiger partial charge in [0.05, 0.1) is 17.3 Å². The zero-order chi connectivity index (χ0) is 15.0. The molecule has 1 amide bonds. The Kier molecular flexibility index (Phi) is 3.43. The van der Waals surface area contributed by atoms with Crippen molar-refractivity contribution in [1.82, 2.24) is 0 Å². The van der Waals surface area contributed by atoms with Gasteiger partial charge in [0.25, 0.3) is 5.91 Å². The summed E-state index contributed by atoms with van der Waals surface area (Å²) < 4.78 is 18.6. The first-order chi connectivity index (χ1) is 10.0. The van der Waals surface area contributed by atoms with Crippen molar-refractivity contribution in [2.75, 3.05) is 17.2 Å². The Bertz CT molecular complexity index is 721. The molecule has 4 nitrogen and oxygen atoms in total. The molecule has 0 saturated heterocycles. The van der Waals surface area contributed by atoms with E-state index in [1.807, 2.05) is 0 Å². The lowest BCUT2D eigenvalue weighted by Crippen LogP contribution is -2.38. The van der Waals surface area contributed by atoms with E-state index in [-0.39, 0.29) is 17.5 Å². The van der Waals surface area contributed by atoms with E-state index in [2.05, 4.69) is 0 Å². The maximum atomic E-state index is 13.2. The van der Waals surface area contributed by atoms with Gasteiger partial charge in [0.15, 0.2) is 6.61 Å². The van der Waals surface area contributed by atoms with Crippen LogP contribution >= 0.6 is 11.6 Å². The van der Waals surface area contributed by atoms with Crippen LogP contribution in [-0.2, 0) is 11.3 Å². The van der Waals surface area contributed by atoms with E-state index in [4.69, 9.17) is 22.1 Å². The molecule has 2 aromatic rings. The van der Waals surface area contributed by atoms with E-state index >= 15 is 0 Å². The molecule has 3 rings (SSSR count). The van der Waals surface area contributed by atoms with Gasteiger partial charge in [-0.05, 0) is 29.8 Å². The third-order valence-corrected chi connectivity index (χ3v) is 3.54. The van der Waals surface area contributed by atoms with Crippen LogP contribution in [-0.4, -0.2) is 12.5 Å². The molecule has 0 spiro atoms. The Morgan fingerprint density at radius 1 is 1.29 bits per heavy atom. The summed E-state index contributed by atoms with van der Waals surface area (Å²) in [4.78, 5) is 13.6. The van der Waals surface area contributed by atoms with E-state index < -0.39 is 5.82 Å². The van der Waals surface area contributed by atoms with Crippen molar-refractivity contribution in [2.45, 2.75) is 6.54 Å². The second-order valence-electron chi connectivity index (χ2n) is 4.74. The number of benzene rings is 2. The molecule has 0 radical (unpaired) electrons. The van der Waals surface area contributed by atoms with Crippen molar-refractivity contribution in [3.8, 4) is 5.75 Å². The maximum absolute atomic E-state index is 13.2. The lowest BCUT2D eigenvalue weighted by Gasteiger charge is -2.29. The van der Waals surface area contributed by atoms with Crippen LogP contribution in [0.5, 0.6) is 5.75 Å². The second-order valence-corrected chi connectivity index (χ2v) is 5.15. The fourth-order valence-corrected chi connectivity index (χ4v) is 2.42. The van der Waals surface area contributed by atoms with Crippen molar-refractivity contribution in [2.24, 2.45) is 0 Å². The van der Waals surface area contributed by atoms with Crippen LogP contribution in [0.3, 0.4) is 0 Å². The van der Waals surface area contributed by atoms with Crippen LogP contribution < -0.4 is 15.4 Å². The van der Waals surface area contributed by atoms with Gasteiger partial charge in [0.1, 0.15) is 11.6 Å². The summed E-state index contributed by atoms with van der Waals surface area (Å²) in [6.45, 7) is 0.241. The molecule has 0 unspecified atom stereocenters. The fraction of sp³-hybridized carbons (Fsp3) is 0.133. The predicted octanol–water partition coefficient (Wildman–Crippen LogP) is 2.99. The molecule has 0 aliphatic carbocycles. The highest BCUT2D eigenvalue weighted by molar-refractivity contribution is 6.30. The number of carbonyl (C=O) groups is 1. The molecule has 0 fully saturated rings. The summed E-state index contributed by atoms with van der Waals surface area (Å²) in [7, 11) is 0. The molecule has 0 atom stereocenters. The Morgan fingerprint density at radius 2 is 2.10 bits per heavy atom. The van der Waals surface area contributed by atoms with Gasteiger partial charge < -0.3 is 15.4 Å². The van der Waals surface area contributed by atoms with Crippen molar-refractivity contribution < 1.29 is 13.9 Å². The lowest BCUT2D eigenvalue weighted by molar-refractivity contribution is -0.121. The van der Waals surface area contributed by atoms with Crippen LogP contribution in [0, 0.1) is 5.82 Å². The number of nitrogens with two attached hydrogens (primary N) is 1. The third-order valence-electron chi connectivity index (χ3n) is 3.25. The summed E-state index contributed by atoms with van der Waals surface area (Å²) in [6, 6.07) is 9.49. The average Bonchev–Trinajstić information content (AvgIpc) is 2.46. The van der Waals surface area contributed by atoms with E-state index in [9.17, 15) is 9.18 Å². The number of nitrogens with zero attached hydrogens (tertiary/aromatic N) is 1. The highest BCUT2D eigenvalue weighted by Gasteiger charge is 2.25. The van der Waals surface area contributed by atoms with Crippen LogP contribution in [0.15, 0.2) is 36.4 Å². The number of rotatable bonds is 2. The zero-order valence-corrected chi connectivity index (χ0v) is 11.7. The minimum atomic E-state index is -0.484. The van der Waals surface area contributed by atoms with Gasteiger partial charge in [-0.15, -0.1) is 0 Å². The van der Waals surface area contributed by atoms with Crippen molar-refractivity contribution >= 4 is 28.9 Å². The standard InChI is InChI=1S/C15H12ClFN2O2/c16-11-5-9(1-3-12(11)17)7-19-13-4-2-10(18)6-14(13)21-8-15(19)20/h1-6H,7-8,18H2. The number of hydrogen-bond donors (Lipinski definition) is 1. The summed E-state index contributed by atoms with van der Waals surface area (Å²) in [6.07, 6.45) is 0. The van der Waals surface area contributed by atoms with Gasteiger partial charge in [-0.3, -0.25) is 4.79 Å². The minimum absolute atomic E-state index is 0.0331. The molecule has 0 saturated carbocycles. The van der Waals surface area contributed by atoms with Gasteiger partial charge >= 0.3 is 0 Å². The van der Waals surface area contributed by atoms with E-state index in [0.717, 1.165) is 5.56 Å². The molecular formula is C15H12ClFN2O2. The summed E-state index contributed by atoms with van der Waals surface area (Å²) in [5.74, 6) is -0.0996. The number of ether oxygens (including phenoxy) is 1. The minimum Gasteiger partial charge on any atom is -0.481 e. The molecule has 108 valence electrons. The SMILES string of the molecule is Nc1ccc2c(c1)OCC(=O)N2Cc1ccc(F)c(Cl)c1. The summed E-state index contributed by atoms with van der Waals surface area (Å²) in [5.41, 5.74) is 7.65. The quantitative estimate of drug-likeness (QED) is 0.868. The number of anilines is 2. The zero-order valence-electron chi connectivity index (χ0n) is 11.0. The maximum Gasteiger partial charge on any atom is 0.265 e. The molecule has 2 aromatic carbocycles. The molecular weight excluding hydrogens is 295 g/mol. The van der Waals surface area contributed by atoms with Crippen molar-refractivity contribution in [3.63, 3.8) is 0 Å². The number of hydrogen-bond acceptors (Lipinski definition) is 3. The summed E-state index contributed by atoms with van der Waals surface area (Å²) >= 11 is 5.77. The number of halogens is 2. The van der Waals surface area contributed by atoms with Crippen LogP contribution in [0.2, 0.25) is 5.02 Å². The molecule has 1 aliphatic heterocycles. The van der Waals surface area contributed by atoms with Gasteiger partial charge in [0, 0.05) is 11.8 Å². The van der Waals surface area contributed by atoms with Crippen molar-refractivity contribution in [1.29, 1.82) is 0 Å². The number of nitrogen functional groups attached to an aromatic ring is 1. The number of amides is 1. The first kappa shape index (κ1) is 13.7. The van der Waals surface area contributed by atoms with Crippen LogP contribution in [0.4, 0.5) is 15.8 Å². The van der Waals surface area contributed by atoms with Gasteiger partial charge in [0.2, 0.25) is 0 Å². The highest BCUT2D eigenvalue weighted by atomic mass is 35.5. The Hall–Kier alpha value is -2.27. The molecule has 1 heterocycles. The molecule has 0 bridgehead atoms. The Balaban J connectivity index is 1.94. The lowest BCUT2D eigenvalue weighted by atomic mass is 10.1. The van der Waals surface area contributed by atoms with E-state index in [1.165, 1.54) is 12.1 Å². The summed E-state index contributed by atoms with van der Waals surface area (Å²) in [5, 5.41) is 0.0331. The van der Waals surface area contributed by atoms with E-state index in [1.54, 1.807) is 29.2 Å². The van der Waals surface area contributed by atoms with Crippen LogP contribution in [0.1, 0.15) is 5.56 Å². The topological polar surface area (TPSA) is 55.6 Å². The van der Waals surface area contributed by atoms with Crippen LogP contribution in [0.25, 0.3) is 0 Å². The predicted molar refractivity (Wildman–Crippen MR) is 78.9 cm³/mol. The molecule has 0 aromatic heterocycles. The third kappa shape index (κ3) is 2.64. The fourth-order valence-electron chi connectivity index (χ4n) is 2.21. The molecule has 6 heteroatoms. The number of carbonyl (C=O) groups excluding carboxylic acids is 1. The number of fused-ring (bicyclic) bond motifs is 1. The molecule has 2 N–H and O–H groups in total. The van der Waals surface area contributed by atoms with Gasteiger partial charge in [-0.25, -0.2) is 4.39 Å². The molecule has 21 heavy (non-hydrogen) atoms. The Morgan fingerprint density at radius 3 is 2.86 bits per heavy atom. The highest BCUT2D eigenvalue weighted by Crippen LogP contribution is 2.34. The first-order valence-electron chi connectivity index (χ1n) is 6.31. The normalized spacial score (nSPS) is 13.8. The second kappa shape index (κ2) is 5.26. The smallest absolute Gasteiger partial charge is 0.265 e. The van der Waals surface area contributed by atoms with Crippen molar-refractivity contribution in [3.05, 3.63) is 52.8 Å². The first-order valence-corrected chi connectivity index (χ1v) is 6.69. The molecule has 1 aliphatic rings. The Labute approximate surface area is 125 Å². The van der Waals surface area contributed by atoms with E-state index in [0.29, 0.717) is 23.7 Å². The van der Waals surface area contributed by atoms with Gasteiger partial charge in [-0.2, -0.15) is 0 Å². The average molecular weight is 307 g/mol. The van der Waals surface area contributed by atoms with Gasteiger partial charge in [-0.1, -0.05) is 17.7 Å².